The van der Waals surface area contributed by atoms with Gasteiger partial charge in [0.25, 0.3) is 0 Å². The molecule has 0 bridgehead atoms. The lowest BCUT2D eigenvalue weighted by atomic mass is 9.88. The Morgan fingerprint density at radius 3 is 2.36 bits per heavy atom. The van der Waals surface area contributed by atoms with Crippen LogP contribution in [-0.4, -0.2) is 35.3 Å². The molecule has 2 fully saturated rings. The van der Waals surface area contributed by atoms with E-state index < -0.39 is 17.1 Å². The third-order valence-corrected chi connectivity index (χ3v) is 5.64. The van der Waals surface area contributed by atoms with Crippen molar-refractivity contribution in [1.29, 1.82) is 0 Å². The lowest BCUT2D eigenvalue weighted by molar-refractivity contribution is -0.167. The topological polar surface area (TPSA) is 41.1 Å². The number of halogens is 4. The van der Waals surface area contributed by atoms with Gasteiger partial charge in [-0.15, -0.1) is 0 Å². The van der Waals surface area contributed by atoms with Gasteiger partial charge in [-0.25, -0.2) is 9.97 Å². The normalized spacial score (nSPS) is 34.2. The molecule has 2 heterocycles. The molecule has 4 rings (SSSR count). The number of anilines is 2. The molecule has 3 aliphatic rings. The van der Waals surface area contributed by atoms with Crippen molar-refractivity contribution in [2.75, 3.05) is 23.8 Å². The summed E-state index contributed by atoms with van der Waals surface area (Å²) in [6, 6.07) is 0. The number of nitrogens with zero attached hydrogens (tertiary/aromatic N) is 3. The first kappa shape index (κ1) is 14.4. The summed E-state index contributed by atoms with van der Waals surface area (Å²) in [6.07, 6.45) is -3.83. The van der Waals surface area contributed by atoms with Crippen LogP contribution in [0.25, 0.3) is 0 Å². The number of hydrogen-bond acceptors (Lipinski definition) is 4. The monoisotopic (exact) mass is 332 g/mol. The number of hydrogen-bond donors (Lipinski definition) is 1. The van der Waals surface area contributed by atoms with E-state index in [4.69, 9.17) is 11.6 Å². The van der Waals surface area contributed by atoms with Gasteiger partial charge in [-0.05, 0) is 24.4 Å². The number of alkyl halides is 3. The molecule has 1 aliphatic heterocycles. The average molecular weight is 333 g/mol. The Hall–Kier alpha value is -1.24. The molecule has 0 aromatic carbocycles. The molecule has 2 saturated carbocycles. The van der Waals surface area contributed by atoms with Gasteiger partial charge < -0.3 is 10.2 Å². The first-order chi connectivity index (χ1) is 10.1. The first-order valence-electron chi connectivity index (χ1n) is 7.18. The summed E-state index contributed by atoms with van der Waals surface area (Å²) < 4.78 is 39.8. The van der Waals surface area contributed by atoms with Gasteiger partial charge in [0.15, 0.2) is 0 Å². The fraction of sp³-hybridized carbons (Fsp3) is 0.714. The second kappa shape index (κ2) is 3.63. The predicted molar refractivity (Wildman–Crippen MR) is 77.4 cm³/mol. The highest BCUT2D eigenvalue weighted by atomic mass is 35.5. The molecule has 8 heteroatoms. The van der Waals surface area contributed by atoms with Crippen LogP contribution in [0.2, 0.25) is 5.28 Å². The molecule has 1 aromatic rings. The van der Waals surface area contributed by atoms with Crippen LogP contribution < -0.4 is 10.2 Å². The van der Waals surface area contributed by atoms with Crippen LogP contribution in [0.1, 0.15) is 32.3 Å². The highest BCUT2D eigenvalue weighted by Gasteiger charge is 2.96. The molecule has 0 spiro atoms. The first-order valence-corrected chi connectivity index (χ1v) is 7.56. The molecule has 0 atom stereocenters. The van der Waals surface area contributed by atoms with Gasteiger partial charge in [0.1, 0.15) is 11.6 Å². The molecular formula is C14H16ClF3N4. The summed E-state index contributed by atoms with van der Waals surface area (Å²) in [5.74, 6) is 1.15. The smallest absolute Gasteiger partial charge is 0.373 e. The zero-order valence-electron chi connectivity index (χ0n) is 12.5. The summed E-state index contributed by atoms with van der Waals surface area (Å²) in [6.45, 7) is 4.51. The molecule has 0 radical (unpaired) electrons. The Balaban J connectivity index is 1.81. The van der Waals surface area contributed by atoms with Gasteiger partial charge in [0, 0.05) is 24.6 Å². The van der Waals surface area contributed by atoms with E-state index in [0.717, 1.165) is 5.56 Å². The largest absolute Gasteiger partial charge is 0.396 e. The van der Waals surface area contributed by atoms with Crippen molar-refractivity contribution in [2.24, 2.45) is 5.41 Å². The Bertz CT molecular complexity index is 679. The second-order valence-electron chi connectivity index (χ2n) is 7.22. The third-order valence-electron chi connectivity index (χ3n) is 5.47. The van der Waals surface area contributed by atoms with Crippen molar-refractivity contribution < 1.29 is 13.2 Å². The maximum atomic E-state index is 13.3. The van der Waals surface area contributed by atoms with Gasteiger partial charge >= 0.3 is 6.18 Å². The zero-order chi connectivity index (χ0) is 16.1. The van der Waals surface area contributed by atoms with E-state index in [1.165, 1.54) is 0 Å². The molecule has 0 unspecified atom stereocenters. The van der Waals surface area contributed by atoms with Crippen LogP contribution in [0.3, 0.4) is 0 Å². The van der Waals surface area contributed by atoms with E-state index in [2.05, 4.69) is 15.3 Å². The quantitative estimate of drug-likeness (QED) is 0.843. The number of nitrogens with one attached hydrogen (secondary N) is 1. The molecule has 0 amide bonds. The van der Waals surface area contributed by atoms with Crippen LogP contribution in [0, 0.1) is 5.41 Å². The fourth-order valence-electron chi connectivity index (χ4n) is 4.10. The minimum absolute atomic E-state index is 0.0566. The van der Waals surface area contributed by atoms with Gasteiger partial charge in [-0.1, -0.05) is 13.8 Å². The predicted octanol–water partition coefficient (Wildman–Crippen LogP) is 3.36. The van der Waals surface area contributed by atoms with Crippen molar-refractivity contribution in [2.45, 2.75) is 43.8 Å². The van der Waals surface area contributed by atoms with Crippen LogP contribution in [-0.2, 0) is 5.41 Å². The van der Waals surface area contributed by atoms with Crippen molar-refractivity contribution in [3.8, 4) is 0 Å². The fourth-order valence-corrected chi connectivity index (χ4v) is 4.26. The Morgan fingerprint density at radius 1 is 1.23 bits per heavy atom. The van der Waals surface area contributed by atoms with Gasteiger partial charge in [0.05, 0.1) is 11.0 Å². The minimum Gasteiger partial charge on any atom is -0.373 e. The maximum Gasteiger partial charge on any atom is 0.396 e. The highest BCUT2D eigenvalue weighted by Crippen LogP contribution is 2.87. The Morgan fingerprint density at radius 2 is 1.86 bits per heavy atom. The molecule has 120 valence electrons. The van der Waals surface area contributed by atoms with Crippen LogP contribution in [0.4, 0.5) is 24.8 Å². The molecule has 2 aliphatic carbocycles. The van der Waals surface area contributed by atoms with Crippen molar-refractivity contribution in [1.82, 2.24) is 9.97 Å². The Labute approximate surface area is 131 Å². The van der Waals surface area contributed by atoms with Crippen LogP contribution in [0.5, 0.6) is 0 Å². The number of aromatic nitrogens is 2. The minimum atomic E-state index is -4.15. The van der Waals surface area contributed by atoms with Crippen LogP contribution >= 0.6 is 11.6 Å². The number of rotatable bonds is 2. The van der Waals surface area contributed by atoms with Gasteiger partial charge in [-0.3, -0.25) is 0 Å². The second-order valence-corrected chi connectivity index (χ2v) is 7.56. The molecular weight excluding hydrogens is 317 g/mol. The summed E-state index contributed by atoms with van der Waals surface area (Å²) in [5, 5.41) is 3.04. The van der Waals surface area contributed by atoms with E-state index >= 15 is 0 Å². The van der Waals surface area contributed by atoms with Crippen LogP contribution in [0.15, 0.2) is 0 Å². The van der Waals surface area contributed by atoms with Gasteiger partial charge in [0.2, 0.25) is 5.28 Å². The van der Waals surface area contributed by atoms with Crippen molar-refractivity contribution in [3.63, 3.8) is 0 Å². The summed E-state index contributed by atoms with van der Waals surface area (Å²) in [7, 11) is 1.73. The maximum absolute atomic E-state index is 13.3. The highest BCUT2D eigenvalue weighted by molar-refractivity contribution is 6.28. The molecule has 0 saturated heterocycles. The molecule has 1 N–H and O–H groups in total. The number of fused-ring (bicyclic) bond motifs is 2. The summed E-state index contributed by atoms with van der Waals surface area (Å²) >= 11 is 5.96. The van der Waals surface area contributed by atoms with Crippen molar-refractivity contribution in [3.05, 3.63) is 10.8 Å². The average Bonchev–Trinajstić information content (AvgIpc) is 3.17. The summed E-state index contributed by atoms with van der Waals surface area (Å²) in [4.78, 5) is 10.3. The molecule has 4 nitrogen and oxygen atoms in total. The van der Waals surface area contributed by atoms with E-state index in [9.17, 15) is 13.2 Å². The molecule has 1 aromatic heterocycles. The zero-order valence-corrected chi connectivity index (χ0v) is 13.2. The third kappa shape index (κ3) is 1.46. The Kier molecular flexibility index (Phi) is 2.37. The van der Waals surface area contributed by atoms with E-state index in [-0.39, 0.29) is 23.5 Å². The van der Waals surface area contributed by atoms with Gasteiger partial charge in [-0.2, -0.15) is 13.2 Å². The SMILES string of the molecule is CNc1nc(Cl)nc2c1C(C)(C)CN2C12CC1(C(F)(F)F)C2. The molecule has 22 heavy (non-hydrogen) atoms. The van der Waals surface area contributed by atoms with E-state index in [0.29, 0.717) is 18.2 Å². The lowest BCUT2D eigenvalue weighted by Gasteiger charge is -2.24. The van der Waals surface area contributed by atoms with Crippen molar-refractivity contribution >= 4 is 23.2 Å². The van der Waals surface area contributed by atoms with E-state index in [1.807, 2.05) is 18.7 Å². The standard InChI is InChI=1S/C14H16ClF3N4/c1-11(2)6-22(13-4-12(13,5-13)14(16,17)18)9-7(11)8(19-3)20-10(15)21-9/h4-6H2,1-3H3,(H,19,20,21). The summed E-state index contributed by atoms with van der Waals surface area (Å²) in [5.41, 5.74) is -1.82. The lowest BCUT2D eigenvalue weighted by Crippen LogP contribution is -2.35. The van der Waals surface area contributed by atoms with E-state index in [1.54, 1.807) is 7.05 Å².